The highest BCUT2D eigenvalue weighted by atomic mass is 79.9. The second-order valence-electron chi connectivity index (χ2n) is 5.56. The summed E-state index contributed by atoms with van der Waals surface area (Å²) in [5.41, 5.74) is 6.07. The van der Waals surface area contributed by atoms with Crippen LogP contribution in [0.5, 0.6) is 0 Å². The van der Waals surface area contributed by atoms with Gasteiger partial charge in [-0.15, -0.1) is 11.3 Å². The third-order valence-corrected chi connectivity index (χ3v) is 5.24. The molecule has 3 aromatic rings. The van der Waals surface area contributed by atoms with Crippen molar-refractivity contribution in [2.45, 2.75) is 13.8 Å². The molecule has 2 aromatic carbocycles. The predicted octanol–water partition coefficient (Wildman–Crippen LogP) is 6.25. The van der Waals surface area contributed by atoms with Gasteiger partial charge in [0.2, 0.25) is 0 Å². The fraction of sp³-hybridized carbons (Fsp3) is 0.100. The summed E-state index contributed by atoms with van der Waals surface area (Å²) < 4.78 is 1.02. The van der Waals surface area contributed by atoms with Crippen LogP contribution in [0.25, 0.3) is 22.9 Å². The first-order chi connectivity index (χ1) is 11.6. The van der Waals surface area contributed by atoms with Gasteiger partial charge in [0, 0.05) is 15.4 Å². The Morgan fingerprint density at radius 1 is 1.12 bits per heavy atom. The smallest absolute Gasteiger partial charge is 0.134 e. The fourth-order valence-electron chi connectivity index (χ4n) is 2.30. The number of nitrogens with zero attached hydrogens (tertiary/aromatic N) is 2. The van der Waals surface area contributed by atoms with Gasteiger partial charge in [0.25, 0.3) is 0 Å². The van der Waals surface area contributed by atoms with Crippen molar-refractivity contribution in [3.63, 3.8) is 0 Å². The van der Waals surface area contributed by atoms with Crippen LogP contribution in [0.2, 0.25) is 0 Å². The van der Waals surface area contributed by atoms with Crippen LogP contribution in [0.4, 0.5) is 0 Å². The number of aryl methyl sites for hydroxylation is 2. The summed E-state index contributed by atoms with van der Waals surface area (Å²) in [5.74, 6) is 0. The zero-order valence-electron chi connectivity index (χ0n) is 13.4. The van der Waals surface area contributed by atoms with Crippen molar-refractivity contribution in [3.8, 4) is 17.3 Å². The van der Waals surface area contributed by atoms with Crippen LogP contribution in [0, 0.1) is 25.2 Å². The van der Waals surface area contributed by atoms with E-state index in [1.165, 1.54) is 22.5 Å². The number of hydrogen-bond acceptors (Lipinski definition) is 3. The molecule has 1 aromatic heterocycles. The van der Waals surface area contributed by atoms with E-state index in [0.717, 1.165) is 26.3 Å². The number of thiazole rings is 1. The van der Waals surface area contributed by atoms with Crippen LogP contribution in [0.3, 0.4) is 0 Å². The Morgan fingerprint density at radius 2 is 1.88 bits per heavy atom. The average Bonchev–Trinajstić information content (AvgIpc) is 3.06. The molecule has 3 rings (SSSR count). The van der Waals surface area contributed by atoms with Crippen molar-refractivity contribution >= 4 is 38.9 Å². The van der Waals surface area contributed by atoms with Crippen LogP contribution in [-0.2, 0) is 0 Å². The first-order valence-electron chi connectivity index (χ1n) is 7.48. The quantitative estimate of drug-likeness (QED) is 0.491. The van der Waals surface area contributed by atoms with Crippen molar-refractivity contribution in [3.05, 3.63) is 74.0 Å². The molecule has 24 heavy (non-hydrogen) atoms. The Bertz CT molecular complexity index is 947. The van der Waals surface area contributed by atoms with Crippen LogP contribution < -0.4 is 0 Å². The fourth-order valence-corrected chi connectivity index (χ4v) is 3.36. The highest BCUT2D eigenvalue weighted by Crippen LogP contribution is 2.28. The van der Waals surface area contributed by atoms with E-state index in [1.54, 1.807) is 0 Å². The largest absolute Gasteiger partial charge is 0.235 e. The molecule has 0 radical (unpaired) electrons. The zero-order chi connectivity index (χ0) is 17.1. The van der Waals surface area contributed by atoms with Gasteiger partial charge in [0.15, 0.2) is 0 Å². The molecule has 0 aliphatic carbocycles. The molecule has 1 heterocycles. The van der Waals surface area contributed by atoms with Crippen LogP contribution >= 0.6 is 27.3 Å². The Labute approximate surface area is 154 Å². The summed E-state index contributed by atoms with van der Waals surface area (Å²) in [6.45, 7) is 4.20. The Balaban J connectivity index is 1.94. The molecule has 0 aliphatic rings. The lowest BCUT2D eigenvalue weighted by atomic mass is 10.1. The lowest BCUT2D eigenvalue weighted by molar-refractivity contribution is 1.32. The lowest BCUT2D eigenvalue weighted by Gasteiger charge is -2.02. The van der Waals surface area contributed by atoms with Crippen LogP contribution in [-0.4, -0.2) is 4.98 Å². The van der Waals surface area contributed by atoms with Crippen molar-refractivity contribution in [1.29, 1.82) is 5.26 Å². The van der Waals surface area contributed by atoms with E-state index in [4.69, 9.17) is 0 Å². The number of nitriles is 1. The summed E-state index contributed by atoms with van der Waals surface area (Å²) in [7, 11) is 0. The topological polar surface area (TPSA) is 36.7 Å². The van der Waals surface area contributed by atoms with E-state index in [9.17, 15) is 5.26 Å². The Hall–Kier alpha value is -2.22. The number of hydrogen-bond donors (Lipinski definition) is 0. The number of halogens is 1. The molecule has 4 heteroatoms. The zero-order valence-corrected chi connectivity index (χ0v) is 15.8. The minimum Gasteiger partial charge on any atom is -0.235 e. The van der Waals surface area contributed by atoms with Crippen molar-refractivity contribution < 1.29 is 0 Å². The molecule has 2 nitrogen and oxygen atoms in total. The number of benzene rings is 2. The van der Waals surface area contributed by atoms with E-state index in [0.29, 0.717) is 5.57 Å². The maximum Gasteiger partial charge on any atom is 0.134 e. The van der Waals surface area contributed by atoms with Gasteiger partial charge in [0.05, 0.1) is 11.3 Å². The van der Waals surface area contributed by atoms with Crippen LogP contribution in [0.1, 0.15) is 21.7 Å². The molecule has 0 saturated carbocycles. The average molecular weight is 395 g/mol. The maximum absolute atomic E-state index is 9.49. The highest BCUT2D eigenvalue weighted by Gasteiger charge is 2.09. The van der Waals surface area contributed by atoms with Gasteiger partial charge in [-0.05, 0) is 54.8 Å². The highest BCUT2D eigenvalue weighted by molar-refractivity contribution is 9.10. The van der Waals surface area contributed by atoms with Gasteiger partial charge >= 0.3 is 0 Å². The SMILES string of the molecule is Cc1ccc(-c2csc(C(C#N)=Cc3ccc(Br)cc3)n2)cc1C. The minimum absolute atomic E-state index is 0.581. The van der Waals surface area contributed by atoms with E-state index < -0.39 is 0 Å². The normalized spacial score (nSPS) is 11.3. The van der Waals surface area contributed by atoms with Gasteiger partial charge in [-0.25, -0.2) is 4.98 Å². The van der Waals surface area contributed by atoms with Crippen LogP contribution in [0.15, 0.2) is 52.3 Å². The molecule has 0 aliphatic heterocycles. The number of allylic oxidation sites excluding steroid dienone is 1. The standard InChI is InChI=1S/C20H15BrN2S/c1-13-3-6-16(9-14(13)2)19-12-24-20(23-19)17(11-22)10-15-4-7-18(21)8-5-15/h3-10,12H,1-2H3. The molecule has 0 fully saturated rings. The molecule has 0 saturated heterocycles. The summed E-state index contributed by atoms with van der Waals surface area (Å²) in [6.07, 6.45) is 1.87. The Kier molecular flexibility index (Phi) is 4.94. The first-order valence-corrected chi connectivity index (χ1v) is 9.15. The monoisotopic (exact) mass is 394 g/mol. The van der Waals surface area contributed by atoms with Gasteiger partial charge in [0.1, 0.15) is 11.1 Å². The van der Waals surface area contributed by atoms with Crippen molar-refractivity contribution in [2.24, 2.45) is 0 Å². The molecule has 0 atom stereocenters. The molecule has 0 spiro atoms. The molecule has 0 N–H and O–H groups in total. The summed E-state index contributed by atoms with van der Waals surface area (Å²) in [4.78, 5) is 4.65. The van der Waals surface area contributed by atoms with Crippen molar-refractivity contribution in [1.82, 2.24) is 4.98 Å². The van der Waals surface area contributed by atoms with E-state index in [-0.39, 0.29) is 0 Å². The summed E-state index contributed by atoms with van der Waals surface area (Å²) in [5, 5.41) is 12.2. The lowest BCUT2D eigenvalue weighted by Crippen LogP contribution is -1.85. The Morgan fingerprint density at radius 3 is 2.54 bits per heavy atom. The number of aromatic nitrogens is 1. The maximum atomic E-state index is 9.49. The molecule has 0 unspecified atom stereocenters. The van der Waals surface area contributed by atoms with Crippen molar-refractivity contribution in [2.75, 3.05) is 0 Å². The van der Waals surface area contributed by atoms with Gasteiger partial charge in [-0.1, -0.05) is 40.2 Å². The van der Waals surface area contributed by atoms with E-state index in [1.807, 2.05) is 35.7 Å². The molecule has 0 amide bonds. The molecular formula is C20H15BrN2S. The summed E-state index contributed by atoms with van der Waals surface area (Å²) >= 11 is 4.92. The third-order valence-electron chi connectivity index (χ3n) is 3.84. The third kappa shape index (κ3) is 3.64. The molecule has 118 valence electrons. The predicted molar refractivity (Wildman–Crippen MR) is 105 cm³/mol. The van der Waals surface area contributed by atoms with E-state index >= 15 is 0 Å². The molecular weight excluding hydrogens is 380 g/mol. The first kappa shape index (κ1) is 16.6. The van der Waals surface area contributed by atoms with E-state index in [2.05, 4.69) is 59.0 Å². The second-order valence-corrected chi connectivity index (χ2v) is 7.33. The number of rotatable bonds is 3. The summed E-state index contributed by atoms with van der Waals surface area (Å²) in [6, 6.07) is 16.4. The van der Waals surface area contributed by atoms with Gasteiger partial charge in [-0.2, -0.15) is 5.26 Å². The van der Waals surface area contributed by atoms with Gasteiger partial charge in [-0.3, -0.25) is 0 Å². The molecule has 0 bridgehead atoms. The van der Waals surface area contributed by atoms with Gasteiger partial charge < -0.3 is 0 Å². The minimum atomic E-state index is 0.581. The second kappa shape index (κ2) is 7.12.